The highest BCUT2D eigenvalue weighted by Gasteiger charge is 2.33. The number of amidine groups is 1. The summed E-state index contributed by atoms with van der Waals surface area (Å²) in [5.41, 5.74) is 4.31. The third-order valence-corrected chi connectivity index (χ3v) is 2.36. The van der Waals surface area contributed by atoms with Crippen molar-refractivity contribution < 1.29 is 18.4 Å². The molecule has 106 valence electrons. The van der Waals surface area contributed by atoms with Gasteiger partial charge in [-0.25, -0.2) is 9.97 Å². The Balaban J connectivity index is 2.87. The van der Waals surface area contributed by atoms with E-state index in [1.165, 1.54) is 4.90 Å². The number of alkyl halides is 3. The summed E-state index contributed by atoms with van der Waals surface area (Å²) in [5.74, 6) is -0.0477. The van der Waals surface area contributed by atoms with Crippen molar-refractivity contribution in [3.63, 3.8) is 0 Å². The Bertz CT molecular complexity index is 449. The maximum absolute atomic E-state index is 12.5. The first-order valence-electron chi connectivity index (χ1n) is 5.50. The average molecular weight is 277 g/mol. The lowest BCUT2D eigenvalue weighted by atomic mass is 10.3. The van der Waals surface area contributed by atoms with Crippen LogP contribution in [0.4, 0.5) is 19.1 Å². The molecule has 0 radical (unpaired) electrons. The van der Waals surface area contributed by atoms with Crippen LogP contribution in [0.25, 0.3) is 0 Å². The van der Waals surface area contributed by atoms with Crippen molar-refractivity contribution in [1.82, 2.24) is 9.97 Å². The highest BCUT2D eigenvalue weighted by molar-refractivity contribution is 5.80. The zero-order valence-corrected chi connectivity index (χ0v) is 10.2. The van der Waals surface area contributed by atoms with Gasteiger partial charge in [0.25, 0.3) is 0 Å². The number of nitrogens with zero attached hydrogens (tertiary/aromatic N) is 4. The summed E-state index contributed by atoms with van der Waals surface area (Å²) in [6, 6.07) is 0.806. The first kappa shape index (κ1) is 15.0. The summed E-state index contributed by atoms with van der Waals surface area (Å²) >= 11 is 0. The molecule has 0 fully saturated rings. The second-order valence-corrected chi connectivity index (χ2v) is 3.66. The molecule has 1 heterocycles. The molecule has 6 nitrogen and oxygen atoms in total. The standard InChI is InChI=1S/C10H14F3N5O/c1-2-18(6-4-8(14)17-19)9-15-5-3-7(16-9)10(11,12)13/h3,5,19H,2,4,6H2,1H3,(H2,14,17). The number of rotatable bonds is 5. The third kappa shape index (κ3) is 4.27. The summed E-state index contributed by atoms with van der Waals surface area (Å²) < 4.78 is 37.6. The Morgan fingerprint density at radius 1 is 1.53 bits per heavy atom. The zero-order chi connectivity index (χ0) is 14.5. The molecule has 3 N–H and O–H groups in total. The molecule has 19 heavy (non-hydrogen) atoms. The lowest BCUT2D eigenvalue weighted by Gasteiger charge is -2.20. The van der Waals surface area contributed by atoms with Gasteiger partial charge in [-0.05, 0) is 13.0 Å². The van der Waals surface area contributed by atoms with Crippen LogP contribution in [-0.2, 0) is 6.18 Å². The molecule has 0 saturated carbocycles. The fourth-order valence-electron chi connectivity index (χ4n) is 1.36. The highest BCUT2D eigenvalue weighted by Crippen LogP contribution is 2.28. The van der Waals surface area contributed by atoms with E-state index in [0.29, 0.717) is 6.54 Å². The molecule has 1 aromatic rings. The summed E-state index contributed by atoms with van der Waals surface area (Å²) in [4.78, 5) is 8.77. The number of aromatic nitrogens is 2. The first-order valence-corrected chi connectivity index (χ1v) is 5.50. The van der Waals surface area contributed by atoms with Crippen LogP contribution in [0.3, 0.4) is 0 Å². The van der Waals surface area contributed by atoms with Crippen LogP contribution >= 0.6 is 0 Å². The Morgan fingerprint density at radius 3 is 2.74 bits per heavy atom. The Labute approximate surface area is 107 Å². The molecule has 0 amide bonds. The number of halogens is 3. The van der Waals surface area contributed by atoms with Crippen molar-refractivity contribution >= 4 is 11.8 Å². The van der Waals surface area contributed by atoms with E-state index in [9.17, 15) is 13.2 Å². The number of anilines is 1. The molecule has 0 bridgehead atoms. The van der Waals surface area contributed by atoms with Crippen LogP contribution in [-0.4, -0.2) is 34.1 Å². The monoisotopic (exact) mass is 277 g/mol. The summed E-state index contributed by atoms with van der Waals surface area (Å²) in [7, 11) is 0. The quantitative estimate of drug-likeness (QED) is 0.368. The van der Waals surface area contributed by atoms with Gasteiger partial charge >= 0.3 is 6.18 Å². The van der Waals surface area contributed by atoms with E-state index < -0.39 is 11.9 Å². The van der Waals surface area contributed by atoms with Crippen molar-refractivity contribution in [1.29, 1.82) is 0 Å². The van der Waals surface area contributed by atoms with Crippen molar-refractivity contribution in [2.75, 3.05) is 18.0 Å². The second-order valence-electron chi connectivity index (χ2n) is 3.66. The van der Waals surface area contributed by atoms with Gasteiger partial charge < -0.3 is 15.8 Å². The van der Waals surface area contributed by atoms with Crippen LogP contribution < -0.4 is 10.6 Å². The molecule has 1 rings (SSSR count). The molecule has 0 aliphatic carbocycles. The predicted octanol–water partition coefficient (Wildman–Crippen LogP) is 1.46. The third-order valence-electron chi connectivity index (χ3n) is 2.36. The molecule has 0 atom stereocenters. The molecule has 0 aliphatic rings. The Morgan fingerprint density at radius 2 is 2.21 bits per heavy atom. The van der Waals surface area contributed by atoms with Crippen molar-refractivity contribution in [3.05, 3.63) is 18.0 Å². The van der Waals surface area contributed by atoms with E-state index in [1.54, 1.807) is 6.92 Å². The van der Waals surface area contributed by atoms with Crippen LogP contribution in [0.15, 0.2) is 17.4 Å². The molecule has 0 aromatic carbocycles. The van der Waals surface area contributed by atoms with Gasteiger partial charge in [-0.1, -0.05) is 5.16 Å². The fourth-order valence-corrected chi connectivity index (χ4v) is 1.36. The largest absolute Gasteiger partial charge is 0.433 e. The van der Waals surface area contributed by atoms with E-state index in [2.05, 4.69) is 15.1 Å². The lowest BCUT2D eigenvalue weighted by molar-refractivity contribution is -0.141. The molecular weight excluding hydrogens is 263 g/mol. The topological polar surface area (TPSA) is 87.6 Å². The number of hydrogen-bond donors (Lipinski definition) is 2. The predicted molar refractivity (Wildman–Crippen MR) is 62.9 cm³/mol. The molecule has 9 heteroatoms. The molecule has 0 unspecified atom stereocenters. The average Bonchev–Trinajstić information content (AvgIpc) is 2.38. The van der Waals surface area contributed by atoms with Gasteiger partial charge in [0.2, 0.25) is 5.95 Å². The van der Waals surface area contributed by atoms with Crippen molar-refractivity contribution in [3.8, 4) is 0 Å². The Kier molecular flexibility index (Phi) is 4.90. The number of hydrogen-bond acceptors (Lipinski definition) is 5. The van der Waals surface area contributed by atoms with Crippen molar-refractivity contribution in [2.45, 2.75) is 19.5 Å². The van der Waals surface area contributed by atoms with Crippen LogP contribution in [0, 0.1) is 0 Å². The first-order chi connectivity index (χ1) is 8.88. The smallest absolute Gasteiger partial charge is 0.409 e. The second kappa shape index (κ2) is 6.21. The summed E-state index contributed by atoms with van der Waals surface area (Å²) in [6.07, 6.45) is -3.26. The minimum atomic E-state index is -4.51. The number of oxime groups is 1. The zero-order valence-electron chi connectivity index (χ0n) is 10.2. The van der Waals surface area contributed by atoms with E-state index in [4.69, 9.17) is 10.9 Å². The highest BCUT2D eigenvalue weighted by atomic mass is 19.4. The fraction of sp³-hybridized carbons (Fsp3) is 0.500. The molecule has 0 spiro atoms. The van der Waals surface area contributed by atoms with Gasteiger partial charge in [0.15, 0.2) is 0 Å². The normalized spacial score (nSPS) is 12.5. The Hall–Kier alpha value is -2.06. The van der Waals surface area contributed by atoms with Gasteiger partial charge in [0, 0.05) is 25.7 Å². The van der Waals surface area contributed by atoms with Gasteiger partial charge in [-0.15, -0.1) is 0 Å². The minimum absolute atomic E-state index is 0.00886. The molecule has 0 saturated heterocycles. The van der Waals surface area contributed by atoms with Gasteiger partial charge in [0.05, 0.1) is 0 Å². The minimum Gasteiger partial charge on any atom is -0.409 e. The van der Waals surface area contributed by atoms with Gasteiger partial charge in [-0.3, -0.25) is 0 Å². The maximum atomic E-state index is 12.5. The summed E-state index contributed by atoms with van der Waals surface area (Å²) in [6.45, 7) is 2.41. The molecule has 0 aliphatic heterocycles. The molecular formula is C10H14F3N5O. The summed E-state index contributed by atoms with van der Waals surface area (Å²) in [5, 5.41) is 11.2. The van der Waals surface area contributed by atoms with E-state index in [-0.39, 0.29) is 24.7 Å². The van der Waals surface area contributed by atoms with Gasteiger partial charge in [-0.2, -0.15) is 13.2 Å². The van der Waals surface area contributed by atoms with E-state index >= 15 is 0 Å². The maximum Gasteiger partial charge on any atom is 0.433 e. The van der Waals surface area contributed by atoms with Crippen LogP contribution in [0.5, 0.6) is 0 Å². The SMILES string of the molecule is CCN(CCC(N)=NO)c1nccc(C(F)(F)F)n1. The lowest BCUT2D eigenvalue weighted by Crippen LogP contribution is -2.30. The van der Waals surface area contributed by atoms with Crippen LogP contribution in [0.2, 0.25) is 0 Å². The number of nitrogens with two attached hydrogens (primary N) is 1. The van der Waals surface area contributed by atoms with Gasteiger partial charge in [0.1, 0.15) is 11.5 Å². The van der Waals surface area contributed by atoms with Crippen LogP contribution in [0.1, 0.15) is 19.0 Å². The van der Waals surface area contributed by atoms with Crippen molar-refractivity contribution in [2.24, 2.45) is 10.9 Å². The van der Waals surface area contributed by atoms with E-state index in [0.717, 1.165) is 12.3 Å². The van der Waals surface area contributed by atoms with E-state index in [1.807, 2.05) is 0 Å². The molecule has 1 aromatic heterocycles.